The van der Waals surface area contributed by atoms with E-state index in [1.807, 2.05) is 78.9 Å². The molecule has 0 spiro atoms. The fourth-order valence-corrected chi connectivity index (χ4v) is 4.65. The van der Waals surface area contributed by atoms with Gasteiger partial charge in [0.15, 0.2) is 0 Å². The Morgan fingerprint density at radius 1 is 0.548 bits per heavy atom. The second kappa shape index (κ2) is 8.14. The van der Waals surface area contributed by atoms with Gasteiger partial charge in [-0.25, -0.2) is 0 Å². The molecule has 0 heterocycles. The average molecular weight is 465 g/mol. The summed E-state index contributed by atoms with van der Waals surface area (Å²) in [7, 11) is 0. The highest BCUT2D eigenvalue weighted by atomic mass is 79.9. The molecule has 5 aromatic rings. The molecule has 5 aromatic carbocycles. The van der Waals surface area contributed by atoms with E-state index in [1.165, 1.54) is 10.8 Å². The van der Waals surface area contributed by atoms with Gasteiger partial charge in [-0.1, -0.05) is 119 Å². The Labute approximate surface area is 190 Å². The molecule has 0 aromatic heterocycles. The lowest BCUT2D eigenvalue weighted by Crippen LogP contribution is -2.29. The summed E-state index contributed by atoms with van der Waals surface area (Å²) in [5, 5.41) is 14.7. The van der Waals surface area contributed by atoms with Crippen molar-refractivity contribution in [1.82, 2.24) is 0 Å². The molecule has 0 fully saturated rings. The lowest BCUT2D eigenvalue weighted by atomic mass is 9.77. The molecule has 0 atom stereocenters. The van der Waals surface area contributed by atoms with Crippen LogP contribution in [-0.2, 0) is 5.60 Å². The molecule has 0 bridgehead atoms. The van der Waals surface area contributed by atoms with Crippen molar-refractivity contribution in [2.45, 2.75) is 5.60 Å². The molecule has 2 heteroatoms. The zero-order valence-corrected chi connectivity index (χ0v) is 18.5. The van der Waals surface area contributed by atoms with Crippen LogP contribution in [0.3, 0.4) is 0 Å². The highest BCUT2D eigenvalue weighted by molar-refractivity contribution is 9.10. The van der Waals surface area contributed by atoms with E-state index in [0.717, 1.165) is 32.3 Å². The maximum atomic E-state index is 12.3. The molecule has 0 aliphatic rings. The van der Waals surface area contributed by atoms with Crippen LogP contribution in [0, 0.1) is 0 Å². The molecule has 150 valence electrons. The van der Waals surface area contributed by atoms with Gasteiger partial charge in [0.05, 0.1) is 0 Å². The van der Waals surface area contributed by atoms with Gasteiger partial charge in [-0.3, -0.25) is 0 Å². The van der Waals surface area contributed by atoms with Gasteiger partial charge in [0.2, 0.25) is 0 Å². The summed E-state index contributed by atoms with van der Waals surface area (Å²) < 4.78 is 1.07. The molecule has 0 aliphatic heterocycles. The fourth-order valence-electron chi connectivity index (χ4n) is 4.27. The van der Waals surface area contributed by atoms with E-state index in [0.29, 0.717) is 0 Å². The Hall–Kier alpha value is -3.20. The van der Waals surface area contributed by atoms with Crippen molar-refractivity contribution >= 4 is 26.7 Å². The Morgan fingerprint density at radius 3 is 1.77 bits per heavy atom. The molecule has 0 aliphatic carbocycles. The normalized spacial score (nSPS) is 11.5. The van der Waals surface area contributed by atoms with Crippen LogP contribution in [0.25, 0.3) is 21.9 Å². The van der Waals surface area contributed by atoms with E-state index in [1.54, 1.807) is 0 Å². The van der Waals surface area contributed by atoms with Gasteiger partial charge in [0.1, 0.15) is 5.60 Å². The lowest BCUT2D eigenvalue weighted by Gasteiger charge is -2.32. The number of hydrogen-bond donors (Lipinski definition) is 1. The average Bonchev–Trinajstić information content (AvgIpc) is 2.84. The third-order valence-corrected chi connectivity index (χ3v) is 6.31. The zero-order chi connectivity index (χ0) is 21.3. The van der Waals surface area contributed by atoms with Gasteiger partial charge in [-0.15, -0.1) is 0 Å². The van der Waals surface area contributed by atoms with Crippen LogP contribution in [0.2, 0.25) is 0 Å². The van der Waals surface area contributed by atoms with Gasteiger partial charge in [0.25, 0.3) is 0 Å². The van der Waals surface area contributed by atoms with Crippen molar-refractivity contribution in [2.75, 3.05) is 0 Å². The molecule has 31 heavy (non-hydrogen) atoms. The second-order valence-electron chi connectivity index (χ2n) is 7.69. The first-order chi connectivity index (χ1) is 15.2. The summed E-state index contributed by atoms with van der Waals surface area (Å²) in [4.78, 5) is 0. The largest absolute Gasteiger partial charge is 0.376 e. The summed E-state index contributed by atoms with van der Waals surface area (Å²) in [6.45, 7) is 0. The summed E-state index contributed by atoms with van der Waals surface area (Å²) in [6.07, 6.45) is 0. The van der Waals surface area contributed by atoms with Crippen LogP contribution < -0.4 is 0 Å². The van der Waals surface area contributed by atoms with Gasteiger partial charge >= 0.3 is 0 Å². The predicted octanol–water partition coefficient (Wildman–Crippen LogP) is 7.55. The van der Waals surface area contributed by atoms with Crippen molar-refractivity contribution in [2.24, 2.45) is 0 Å². The molecule has 1 nitrogen and oxygen atoms in total. The minimum absolute atomic E-state index is 0.846. The SMILES string of the molecule is OC(c1ccccc1)(c1ccccc1)c1ccccc1-c1ccc2cc(Br)ccc2c1. The maximum absolute atomic E-state index is 12.3. The topological polar surface area (TPSA) is 20.2 Å². The molecule has 0 amide bonds. The zero-order valence-electron chi connectivity index (χ0n) is 16.9. The maximum Gasteiger partial charge on any atom is 0.141 e. The number of rotatable bonds is 4. The number of aliphatic hydroxyl groups is 1. The van der Waals surface area contributed by atoms with Crippen LogP contribution in [0.5, 0.6) is 0 Å². The van der Waals surface area contributed by atoms with E-state index in [2.05, 4.69) is 58.4 Å². The van der Waals surface area contributed by atoms with Crippen molar-refractivity contribution in [3.8, 4) is 11.1 Å². The Balaban J connectivity index is 1.76. The molecule has 0 unspecified atom stereocenters. The minimum atomic E-state index is -1.27. The van der Waals surface area contributed by atoms with Gasteiger partial charge in [-0.2, -0.15) is 0 Å². The van der Waals surface area contributed by atoms with Crippen LogP contribution in [-0.4, -0.2) is 5.11 Å². The number of hydrogen-bond acceptors (Lipinski definition) is 1. The van der Waals surface area contributed by atoms with Crippen LogP contribution in [0.15, 0.2) is 126 Å². The first kappa shape index (κ1) is 19.7. The Kier molecular flexibility index (Phi) is 5.19. The van der Waals surface area contributed by atoms with Crippen molar-refractivity contribution in [3.05, 3.63) is 142 Å². The van der Waals surface area contributed by atoms with Crippen molar-refractivity contribution in [1.29, 1.82) is 0 Å². The van der Waals surface area contributed by atoms with Crippen LogP contribution in [0.4, 0.5) is 0 Å². The molecule has 0 radical (unpaired) electrons. The number of fused-ring (bicyclic) bond motifs is 1. The molecular formula is C29H21BrO. The summed E-state index contributed by atoms with van der Waals surface area (Å²) in [5.74, 6) is 0. The van der Waals surface area contributed by atoms with E-state index in [4.69, 9.17) is 0 Å². The highest BCUT2D eigenvalue weighted by Crippen LogP contribution is 2.41. The first-order valence-electron chi connectivity index (χ1n) is 10.3. The van der Waals surface area contributed by atoms with E-state index in [9.17, 15) is 5.11 Å². The monoisotopic (exact) mass is 464 g/mol. The Bertz CT molecular complexity index is 1300. The first-order valence-corrected chi connectivity index (χ1v) is 11.1. The number of benzene rings is 5. The molecule has 1 N–H and O–H groups in total. The van der Waals surface area contributed by atoms with Gasteiger partial charge in [-0.05, 0) is 51.2 Å². The van der Waals surface area contributed by atoms with Crippen molar-refractivity contribution in [3.63, 3.8) is 0 Å². The third-order valence-electron chi connectivity index (χ3n) is 5.81. The standard InChI is InChI=1S/C29H21BrO/c30-26-18-17-21-19-23(16-15-22(21)20-26)27-13-7-8-14-28(27)29(31,24-9-3-1-4-10-24)25-11-5-2-6-12-25/h1-20,31H. The van der Waals surface area contributed by atoms with Gasteiger partial charge in [0, 0.05) is 10.0 Å². The lowest BCUT2D eigenvalue weighted by molar-refractivity contribution is 0.126. The minimum Gasteiger partial charge on any atom is -0.376 e. The highest BCUT2D eigenvalue weighted by Gasteiger charge is 2.35. The fraction of sp³-hybridized carbons (Fsp3) is 0.0345. The van der Waals surface area contributed by atoms with Gasteiger partial charge < -0.3 is 5.11 Å². The van der Waals surface area contributed by atoms with Crippen LogP contribution >= 0.6 is 15.9 Å². The summed E-state index contributed by atoms with van der Waals surface area (Å²) in [6, 6.07) is 40.7. The molecular weight excluding hydrogens is 444 g/mol. The predicted molar refractivity (Wildman–Crippen MR) is 132 cm³/mol. The number of halogens is 1. The van der Waals surface area contributed by atoms with Crippen molar-refractivity contribution < 1.29 is 5.11 Å². The smallest absolute Gasteiger partial charge is 0.141 e. The van der Waals surface area contributed by atoms with E-state index >= 15 is 0 Å². The Morgan fingerprint density at radius 2 is 1.10 bits per heavy atom. The second-order valence-corrected chi connectivity index (χ2v) is 8.61. The molecule has 0 saturated heterocycles. The quantitative estimate of drug-likeness (QED) is 0.272. The molecule has 0 saturated carbocycles. The third kappa shape index (κ3) is 3.59. The van der Waals surface area contributed by atoms with E-state index < -0.39 is 5.60 Å². The van der Waals surface area contributed by atoms with E-state index in [-0.39, 0.29) is 0 Å². The van der Waals surface area contributed by atoms with Crippen LogP contribution in [0.1, 0.15) is 16.7 Å². The summed E-state index contributed by atoms with van der Waals surface area (Å²) >= 11 is 3.55. The summed E-state index contributed by atoms with van der Waals surface area (Å²) in [5.41, 5.74) is 3.38. The molecule has 5 rings (SSSR count).